The summed E-state index contributed by atoms with van der Waals surface area (Å²) in [5.41, 5.74) is 0.730. The largest absolute Gasteiger partial charge is 0.487 e. The standard InChI is InChI=1S/C27H25F11O5/c1-2-3-4-16-13-40-22(41-14-16)18-7-5-17(6-8-18)21(39)43-20-11-9-19(10-12-20)42-15-23(28,29)24(30,31)25(32,33)26(34,35)27(36,37)38/h5-12,16,22H,2-4,13-15H2,1H3/t16-,22-. The van der Waals surface area contributed by atoms with Gasteiger partial charge in [-0.25, -0.2) is 4.79 Å². The van der Waals surface area contributed by atoms with Gasteiger partial charge in [-0.15, -0.1) is 0 Å². The molecule has 0 N–H and O–H groups in total. The highest BCUT2D eigenvalue weighted by molar-refractivity contribution is 5.91. The summed E-state index contributed by atoms with van der Waals surface area (Å²) in [7, 11) is 0. The maximum Gasteiger partial charge on any atom is 0.460 e. The van der Waals surface area contributed by atoms with E-state index in [0.29, 0.717) is 24.7 Å². The van der Waals surface area contributed by atoms with Crippen molar-refractivity contribution in [2.45, 2.75) is 62.3 Å². The molecular formula is C27H25F11O5. The van der Waals surface area contributed by atoms with E-state index in [-0.39, 0.29) is 11.3 Å². The minimum atomic E-state index is -7.52. The van der Waals surface area contributed by atoms with Crippen LogP contribution in [0.3, 0.4) is 0 Å². The number of carbonyl (C=O) groups is 1. The predicted molar refractivity (Wildman–Crippen MR) is 127 cm³/mol. The Balaban J connectivity index is 1.57. The van der Waals surface area contributed by atoms with Crippen molar-refractivity contribution in [3.8, 4) is 11.5 Å². The second-order valence-electron chi connectivity index (χ2n) is 9.70. The molecule has 5 nitrogen and oxygen atoms in total. The predicted octanol–water partition coefficient (Wildman–Crippen LogP) is 8.24. The molecule has 1 heterocycles. The zero-order valence-electron chi connectivity index (χ0n) is 22.2. The van der Waals surface area contributed by atoms with Crippen LogP contribution >= 0.6 is 0 Å². The van der Waals surface area contributed by atoms with Crippen LogP contribution in [0.15, 0.2) is 48.5 Å². The van der Waals surface area contributed by atoms with Gasteiger partial charge in [0, 0.05) is 11.5 Å². The third-order valence-electron chi connectivity index (χ3n) is 6.41. The molecule has 2 aromatic rings. The normalized spacial score (nSPS) is 18.8. The monoisotopic (exact) mass is 638 g/mol. The van der Waals surface area contributed by atoms with Crippen molar-refractivity contribution in [1.29, 1.82) is 0 Å². The molecule has 0 atom stereocenters. The lowest BCUT2D eigenvalue weighted by atomic mass is 9.98. The minimum Gasteiger partial charge on any atom is -0.487 e. The fraction of sp³-hybridized carbons (Fsp3) is 0.519. The van der Waals surface area contributed by atoms with E-state index in [9.17, 15) is 53.1 Å². The summed E-state index contributed by atoms with van der Waals surface area (Å²) in [4.78, 5) is 12.4. The molecule has 1 aliphatic rings. The van der Waals surface area contributed by atoms with Gasteiger partial charge < -0.3 is 18.9 Å². The number of ether oxygens (including phenoxy) is 4. The first kappa shape index (κ1) is 34.4. The molecular weight excluding hydrogens is 613 g/mol. The summed E-state index contributed by atoms with van der Waals surface area (Å²) in [6, 6.07) is 9.41. The van der Waals surface area contributed by atoms with Crippen LogP contribution in [-0.4, -0.2) is 55.7 Å². The van der Waals surface area contributed by atoms with Crippen LogP contribution in [0.25, 0.3) is 0 Å². The topological polar surface area (TPSA) is 54.0 Å². The molecule has 1 saturated heterocycles. The van der Waals surface area contributed by atoms with Crippen molar-refractivity contribution in [1.82, 2.24) is 0 Å². The number of benzene rings is 2. The SMILES string of the molecule is CCCC[C@H]1CO[C@H](c2ccc(C(=O)Oc3ccc(OCC(F)(F)C(F)(F)C(F)(F)C(F)(F)C(F)(F)F)cc3)cc2)OC1. The minimum absolute atomic E-state index is 0.0826. The Morgan fingerprint density at radius 2 is 1.30 bits per heavy atom. The Kier molecular flexibility index (Phi) is 10.3. The van der Waals surface area contributed by atoms with Gasteiger partial charge in [-0.1, -0.05) is 31.9 Å². The Morgan fingerprint density at radius 1 is 0.767 bits per heavy atom. The van der Waals surface area contributed by atoms with Gasteiger partial charge in [0.15, 0.2) is 12.9 Å². The van der Waals surface area contributed by atoms with Crippen molar-refractivity contribution < 1.29 is 72.0 Å². The lowest BCUT2D eigenvalue weighted by Gasteiger charge is -2.37. The highest BCUT2D eigenvalue weighted by atomic mass is 19.4. The van der Waals surface area contributed by atoms with Gasteiger partial charge in [0.2, 0.25) is 0 Å². The molecule has 16 heteroatoms. The first-order chi connectivity index (χ1) is 19.8. The number of rotatable bonds is 12. The van der Waals surface area contributed by atoms with Crippen molar-refractivity contribution in [2.75, 3.05) is 19.8 Å². The van der Waals surface area contributed by atoms with E-state index in [1.54, 1.807) is 12.1 Å². The Morgan fingerprint density at radius 3 is 1.81 bits per heavy atom. The molecule has 1 fully saturated rings. The fourth-order valence-corrected chi connectivity index (χ4v) is 3.81. The molecule has 0 aromatic heterocycles. The number of unbranched alkanes of at least 4 members (excludes halogenated alkanes) is 1. The molecule has 0 saturated carbocycles. The number of carbonyl (C=O) groups excluding carboxylic acids is 1. The highest BCUT2D eigenvalue weighted by Gasteiger charge is 2.87. The molecule has 0 aliphatic carbocycles. The van der Waals surface area contributed by atoms with Crippen LogP contribution in [0, 0.1) is 5.92 Å². The van der Waals surface area contributed by atoms with E-state index in [1.807, 2.05) is 0 Å². The molecule has 2 aromatic carbocycles. The molecule has 0 bridgehead atoms. The van der Waals surface area contributed by atoms with E-state index < -0.39 is 54.5 Å². The maximum absolute atomic E-state index is 13.8. The number of hydrogen-bond donors (Lipinski definition) is 0. The van der Waals surface area contributed by atoms with E-state index >= 15 is 0 Å². The quantitative estimate of drug-likeness (QED) is 0.133. The Hall–Kier alpha value is -3.14. The molecule has 3 rings (SSSR count). The molecule has 1 aliphatic heterocycles. The number of esters is 1. The van der Waals surface area contributed by atoms with Gasteiger partial charge in [0.25, 0.3) is 0 Å². The highest BCUT2D eigenvalue weighted by Crippen LogP contribution is 2.57. The van der Waals surface area contributed by atoms with Crippen LogP contribution in [0.5, 0.6) is 11.5 Å². The van der Waals surface area contributed by atoms with Gasteiger partial charge in [-0.05, 0) is 42.8 Å². The van der Waals surface area contributed by atoms with Gasteiger partial charge in [-0.2, -0.15) is 48.3 Å². The van der Waals surface area contributed by atoms with Crippen molar-refractivity contribution in [3.05, 3.63) is 59.7 Å². The average molecular weight is 638 g/mol. The lowest BCUT2D eigenvalue weighted by molar-refractivity contribution is -0.423. The second kappa shape index (κ2) is 12.8. The van der Waals surface area contributed by atoms with Gasteiger partial charge in [0.05, 0.1) is 18.8 Å². The van der Waals surface area contributed by atoms with E-state index in [4.69, 9.17) is 14.2 Å². The zero-order chi connectivity index (χ0) is 32.3. The van der Waals surface area contributed by atoms with Crippen LogP contribution in [-0.2, 0) is 9.47 Å². The van der Waals surface area contributed by atoms with E-state index in [2.05, 4.69) is 11.7 Å². The average Bonchev–Trinajstić information content (AvgIpc) is 2.95. The van der Waals surface area contributed by atoms with Crippen molar-refractivity contribution in [3.63, 3.8) is 0 Å². The van der Waals surface area contributed by atoms with Crippen molar-refractivity contribution in [2.24, 2.45) is 5.92 Å². The zero-order valence-corrected chi connectivity index (χ0v) is 22.2. The number of alkyl halides is 11. The van der Waals surface area contributed by atoms with Gasteiger partial charge in [0.1, 0.15) is 11.5 Å². The van der Waals surface area contributed by atoms with Crippen LogP contribution in [0.1, 0.15) is 48.4 Å². The smallest absolute Gasteiger partial charge is 0.460 e. The fourth-order valence-electron chi connectivity index (χ4n) is 3.81. The Bertz CT molecular complexity index is 1210. The van der Waals surface area contributed by atoms with Gasteiger partial charge in [-0.3, -0.25) is 0 Å². The number of halogens is 11. The summed E-state index contributed by atoms with van der Waals surface area (Å²) in [6.07, 6.45) is -4.77. The molecule has 0 spiro atoms. The van der Waals surface area contributed by atoms with E-state index in [1.165, 1.54) is 12.1 Å². The lowest BCUT2D eigenvalue weighted by Crippen LogP contribution is -2.67. The molecule has 0 amide bonds. The molecule has 240 valence electrons. The first-order valence-corrected chi connectivity index (χ1v) is 12.7. The van der Waals surface area contributed by atoms with Crippen LogP contribution in [0.2, 0.25) is 0 Å². The first-order valence-electron chi connectivity index (χ1n) is 12.7. The van der Waals surface area contributed by atoms with Gasteiger partial charge >= 0.3 is 35.8 Å². The van der Waals surface area contributed by atoms with Crippen LogP contribution in [0.4, 0.5) is 48.3 Å². The summed E-state index contributed by atoms with van der Waals surface area (Å²) in [6.45, 7) is 0.437. The third kappa shape index (κ3) is 7.33. The molecule has 0 radical (unpaired) electrons. The third-order valence-corrected chi connectivity index (χ3v) is 6.41. The molecule has 0 unspecified atom stereocenters. The van der Waals surface area contributed by atoms with E-state index in [0.717, 1.165) is 43.5 Å². The maximum atomic E-state index is 13.8. The summed E-state index contributed by atoms with van der Waals surface area (Å²) < 4.78 is 165. The summed E-state index contributed by atoms with van der Waals surface area (Å²) in [5.74, 6) is -29.8. The Labute approximate surface area is 237 Å². The summed E-state index contributed by atoms with van der Waals surface area (Å²) in [5, 5.41) is 0. The summed E-state index contributed by atoms with van der Waals surface area (Å²) >= 11 is 0. The second-order valence-corrected chi connectivity index (χ2v) is 9.70. The van der Waals surface area contributed by atoms with Crippen molar-refractivity contribution >= 4 is 5.97 Å². The number of hydrogen-bond acceptors (Lipinski definition) is 5. The van der Waals surface area contributed by atoms with Crippen LogP contribution < -0.4 is 9.47 Å². The molecule has 43 heavy (non-hydrogen) atoms.